The maximum Gasteiger partial charge on any atom is 0.321 e. The Hall–Kier alpha value is -0.220. The van der Waals surface area contributed by atoms with E-state index in [1.54, 1.807) is 16.3 Å². The Morgan fingerprint density at radius 2 is 2.56 bits per heavy atom. The lowest BCUT2D eigenvalue weighted by atomic mass is 10.2. The van der Waals surface area contributed by atoms with Gasteiger partial charge in [0.1, 0.15) is 6.04 Å². The van der Waals surface area contributed by atoms with Gasteiger partial charge in [-0.05, 0) is 13.5 Å². The summed E-state index contributed by atoms with van der Waals surface area (Å²) in [7, 11) is 1.82. The van der Waals surface area contributed by atoms with E-state index in [0.29, 0.717) is 0 Å². The van der Waals surface area contributed by atoms with Gasteiger partial charge in [0.05, 0.1) is 0 Å². The van der Waals surface area contributed by atoms with Gasteiger partial charge in [-0.2, -0.15) is 0 Å². The Morgan fingerprint density at radius 3 is 2.78 bits per heavy atom. The topological polar surface area (TPSA) is 40.5 Å². The molecular weight excluding hydrogens is 138 g/mol. The first kappa shape index (κ1) is 6.89. The Kier molecular flexibility index (Phi) is 1.97. The Labute approximate surface area is 58.2 Å². The zero-order chi connectivity index (χ0) is 6.85. The number of aliphatic carboxylic acids is 1. The minimum Gasteiger partial charge on any atom is -0.480 e. The molecule has 0 bridgehead atoms. The first-order chi connectivity index (χ1) is 4.22. The van der Waals surface area contributed by atoms with Gasteiger partial charge in [-0.25, -0.2) is 4.31 Å². The van der Waals surface area contributed by atoms with Crippen LogP contribution in [0.5, 0.6) is 0 Å². The maximum absolute atomic E-state index is 10.4. The third-order valence-corrected chi connectivity index (χ3v) is 2.49. The molecule has 0 aliphatic carbocycles. The van der Waals surface area contributed by atoms with Crippen LogP contribution < -0.4 is 0 Å². The summed E-state index contributed by atoms with van der Waals surface area (Å²) in [4.78, 5) is 10.4. The number of rotatable bonds is 1. The molecule has 1 aliphatic heterocycles. The number of likely N-dealkylation sites (N-methyl/N-ethyl adjacent to an activating group) is 1. The molecule has 9 heavy (non-hydrogen) atoms. The summed E-state index contributed by atoms with van der Waals surface area (Å²) in [6.45, 7) is 0. The van der Waals surface area contributed by atoms with E-state index in [1.807, 2.05) is 7.05 Å². The van der Waals surface area contributed by atoms with Crippen LogP contribution >= 0.6 is 11.9 Å². The average molecular weight is 147 g/mol. The lowest BCUT2D eigenvalue weighted by Gasteiger charge is -2.11. The van der Waals surface area contributed by atoms with Crippen LogP contribution in [-0.2, 0) is 4.79 Å². The lowest BCUT2D eigenvalue weighted by Crippen LogP contribution is -2.28. The molecule has 1 aliphatic rings. The second kappa shape index (κ2) is 2.58. The second-order valence-electron chi connectivity index (χ2n) is 2.02. The summed E-state index contributed by atoms with van der Waals surface area (Å²) in [5.74, 6) is 0.232. The molecule has 0 saturated carbocycles. The molecule has 1 N–H and O–H groups in total. The minimum atomic E-state index is -0.706. The van der Waals surface area contributed by atoms with Crippen LogP contribution in [-0.4, -0.2) is 34.2 Å². The molecule has 1 heterocycles. The second-order valence-corrected chi connectivity index (χ2v) is 3.26. The number of nitrogens with zero attached hydrogens (tertiary/aromatic N) is 1. The highest BCUT2D eigenvalue weighted by Crippen LogP contribution is 2.23. The summed E-state index contributed by atoms with van der Waals surface area (Å²) in [6.07, 6.45) is 0.774. The molecule has 0 aromatic heterocycles. The fourth-order valence-corrected chi connectivity index (χ4v) is 1.85. The first-order valence-electron chi connectivity index (χ1n) is 2.80. The van der Waals surface area contributed by atoms with Gasteiger partial charge in [-0.15, -0.1) is 0 Å². The number of hydrogen-bond donors (Lipinski definition) is 1. The smallest absolute Gasteiger partial charge is 0.321 e. The van der Waals surface area contributed by atoms with E-state index < -0.39 is 5.97 Å². The molecule has 0 aromatic rings. The van der Waals surface area contributed by atoms with Crippen LogP contribution in [0.3, 0.4) is 0 Å². The molecule has 0 radical (unpaired) electrons. The highest BCUT2D eigenvalue weighted by Gasteiger charge is 2.27. The third-order valence-electron chi connectivity index (χ3n) is 1.41. The zero-order valence-electron chi connectivity index (χ0n) is 5.20. The van der Waals surface area contributed by atoms with Crippen molar-refractivity contribution in [1.29, 1.82) is 0 Å². The van der Waals surface area contributed by atoms with E-state index in [4.69, 9.17) is 5.11 Å². The lowest BCUT2D eigenvalue weighted by molar-refractivity contribution is -0.140. The van der Waals surface area contributed by atoms with Gasteiger partial charge in [0.15, 0.2) is 0 Å². The van der Waals surface area contributed by atoms with Crippen LogP contribution in [0.2, 0.25) is 0 Å². The van der Waals surface area contributed by atoms with Crippen molar-refractivity contribution in [1.82, 2.24) is 4.31 Å². The molecule has 1 saturated heterocycles. The molecule has 0 unspecified atom stereocenters. The largest absolute Gasteiger partial charge is 0.480 e. The SMILES string of the molecule is CN1SCC[C@H]1C(=O)O. The van der Waals surface area contributed by atoms with Crippen LogP contribution in [0.4, 0.5) is 0 Å². The highest BCUT2D eigenvalue weighted by molar-refractivity contribution is 7.97. The number of hydrogen-bond acceptors (Lipinski definition) is 3. The van der Waals surface area contributed by atoms with E-state index in [-0.39, 0.29) is 6.04 Å². The molecule has 0 amide bonds. The highest BCUT2D eigenvalue weighted by atomic mass is 32.2. The van der Waals surface area contributed by atoms with Crippen molar-refractivity contribution in [3.8, 4) is 0 Å². The van der Waals surface area contributed by atoms with Crippen molar-refractivity contribution in [3.05, 3.63) is 0 Å². The fourth-order valence-electron chi connectivity index (χ4n) is 0.859. The maximum atomic E-state index is 10.4. The molecule has 0 aromatic carbocycles. The van der Waals surface area contributed by atoms with Crippen molar-refractivity contribution in [2.24, 2.45) is 0 Å². The van der Waals surface area contributed by atoms with Gasteiger partial charge in [0.2, 0.25) is 0 Å². The van der Waals surface area contributed by atoms with Gasteiger partial charge in [0.25, 0.3) is 0 Å². The van der Waals surface area contributed by atoms with Crippen LogP contribution in [0.1, 0.15) is 6.42 Å². The van der Waals surface area contributed by atoms with Gasteiger partial charge < -0.3 is 5.11 Å². The molecule has 52 valence electrons. The van der Waals surface area contributed by atoms with E-state index >= 15 is 0 Å². The van der Waals surface area contributed by atoms with Crippen molar-refractivity contribution < 1.29 is 9.90 Å². The van der Waals surface area contributed by atoms with Crippen molar-refractivity contribution >= 4 is 17.9 Å². The summed E-state index contributed by atoms with van der Waals surface area (Å²) >= 11 is 1.59. The Balaban J connectivity index is 2.49. The Bertz CT molecular complexity index is 128. The quantitative estimate of drug-likeness (QED) is 0.546. The van der Waals surface area contributed by atoms with E-state index in [9.17, 15) is 4.79 Å². The molecule has 4 heteroatoms. The predicted octanol–water partition coefficient (Wildman–Crippen LogP) is 0.423. The van der Waals surface area contributed by atoms with E-state index in [1.165, 1.54) is 0 Å². The van der Waals surface area contributed by atoms with Crippen LogP contribution in [0.25, 0.3) is 0 Å². The van der Waals surface area contributed by atoms with E-state index in [0.717, 1.165) is 12.2 Å². The monoisotopic (exact) mass is 147 g/mol. The van der Waals surface area contributed by atoms with Crippen molar-refractivity contribution in [2.75, 3.05) is 12.8 Å². The molecule has 1 rings (SSSR count). The fraction of sp³-hybridized carbons (Fsp3) is 0.800. The molecule has 1 fully saturated rings. The standard InChI is InChI=1S/C5H9NO2S/c1-6-4(5(7)8)2-3-9-6/h4H,2-3H2,1H3,(H,7,8)/t4-/m0/s1. The van der Waals surface area contributed by atoms with Crippen molar-refractivity contribution in [2.45, 2.75) is 12.5 Å². The minimum absolute atomic E-state index is 0.255. The van der Waals surface area contributed by atoms with Gasteiger partial charge in [0, 0.05) is 5.75 Å². The van der Waals surface area contributed by atoms with Gasteiger partial charge in [-0.3, -0.25) is 4.79 Å². The molecule has 1 atom stereocenters. The number of carbonyl (C=O) groups is 1. The predicted molar refractivity (Wildman–Crippen MR) is 36.3 cm³/mol. The van der Waals surface area contributed by atoms with Crippen molar-refractivity contribution in [3.63, 3.8) is 0 Å². The average Bonchev–Trinajstić information content (AvgIpc) is 2.13. The normalized spacial score (nSPS) is 28.8. The number of carboxylic acids is 1. The molecule has 3 nitrogen and oxygen atoms in total. The van der Waals surface area contributed by atoms with Crippen LogP contribution in [0.15, 0.2) is 0 Å². The van der Waals surface area contributed by atoms with Crippen LogP contribution in [0, 0.1) is 0 Å². The molecule has 0 spiro atoms. The summed E-state index contributed by atoms with van der Waals surface area (Å²) in [5, 5.41) is 8.53. The number of carboxylic acid groups (broad SMARTS) is 1. The first-order valence-corrected chi connectivity index (χ1v) is 3.74. The third kappa shape index (κ3) is 1.37. The summed E-state index contributed by atoms with van der Waals surface area (Å²) in [6, 6.07) is -0.255. The summed E-state index contributed by atoms with van der Waals surface area (Å²) < 4.78 is 1.79. The summed E-state index contributed by atoms with van der Waals surface area (Å²) in [5.41, 5.74) is 0. The Morgan fingerprint density at radius 1 is 1.89 bits per heavy atom. The van der Waals surface area contributed by atoms with Gasteiger partial charge in [-0.1, -0.05) is 11.9 Å². The van der Waals surface area contributed by atoms with E-state index in [2.05, 4.69) is 0 Å². The van der Waals surface area contributed by atoms with Gasteiger partial charge >= 0.3 is 5.97 Å². The zero-order valence-corrected chi connectivity index (χ0v) is 6.02. The molecular formula is C5H9NO2S.